The van der Waals surface area contributed by atoms with Gasteiger partial charge in [-0.2, -0.15) is 13.2 Å². The highest BCUT2D eigenvalue weighted by Crippen LogP contribution is 2.40. The van der Waals surface area contributed by atoms with Gasteiger partial charge >= 0.3 is 6.18 Å². The van der Waals surface area contributed by atoms with Crippen molar-refractivity contribution in [3.63, 3.8) is 0 Å². The standard InChI is InChI=1S/C26H26F3N7O/c1-15-3-2-4-17-13-30-25(34-21(15)17)31-18-11-19(22-20(12-18)32-23(33-22)16-5-6-16)24(37)36-9-7-35(8-10-36)14-26(27,28)29/h2-4,11-13,16H,5-10,14H2,1H3,(H,32,33)(H,30,31,34). The highest BCUT2D eigenvalue weighted by atomic mass is 19.4. The lowest BCUT2D eigenvalue weighted by atomic mass is 10.1. The average molecular weight is 510 g/mol. The Kier molecular flexibility index (Phi) is 5.74. The van der Waals surface area contributed by atoms with Gasteiger partial charge in [-0.05, 0) is 37.5 Å². The van der Waals surface area contributed by atoms with Crippen LogP contribution in [0.5, 0.6) is 0 Å². The van der Waals surface area contributed by atoms with Gasteiger partial charge in [0.25, 0.3) is 5.91 Å². The summed E-state index contributed by atoms with van der Waals surface area (Å²) in [6.07, 6.45) is -0.390. The van der Waals surface area contributed by atoms with Crippen LogP contribution >= 0.6 is 0 Å². The van der Waals surface area contributed by atoms with Crippen LogP contribution in [0.4, 0.5) is 24.8 Å². The molecule has 0 unspecified atom stereocenters. The molecule has 3 heterocycles. The van der Waals surface area contributed by atoms with Crippen molar-refractivity contribution in [2.24, 2.45) is 0 Å². The summed E-state index contributed by atoms with van der Waals surface area (Å²) in [5.41, 5.74) is 4.21. The molecule has 2 N–H and O–H groups in total. The summed E-state index contributed by atoms with van der Waals surface area (Å²) in [7, 11) is 0. The van der Waals surface area contributed by atoms with Gasteiger partial charge < -0.3 is 15.2 Å². The minimum atomic E-state index is -4.25. The Morgan fingerprint density at radius 2 is 1.89 bits per heavy atom. The molecule has 1 aliphatic heterocycles. The average Bonchev–Trinajstić information content (AvgIpc) is 3.62. The van der Waals surface area contributed by atoms with Crippen molar-refractivity contribution in [2.75, 3.05) is 38.0 Å². The molecule has 192 valence electrons. The lowest BCUT2D eigenvalue weighted by Crippen LogP contribution is -2.50. The molecule has 0 radical (unpaired) electrons. The second-order valence-electron chi connectivity index (χ2n) is 9.83. The van der Waals surface area contributed by atoms with Crippen molar-refractivity contribution in [3.8, 4) is 0 Å². The van der Waals surface area contributed by atoms with Crippen LogP contribution in [0.15, 0.2) is 36.5 Å². The predicted octanol–water partition coefficient (Wildman–Crippen LogP) is 4.76. The van der Waals surface area contributed by atoms with Crippen molar-refractivity contribution < 1.29 is 18.0 Å². The molecular formula is C26H26F3N7O. The zero-order valence-electron chi connectivity index (χ0n) is 20.3. The van der Waals surface area contributed by atoms with E-state index in [1.807, 2.05) is 31.2 Å². The normalized spacial score (nSPS) is 17.0. The van der Waals surface area contributed by atoms with Crippen molar-refractivity contribution >= 4 is 39.5 Å². The number of benzene rings is 2. The Bertz CT molecular complexity index is 1490. The number of H-pyrrole nitrogens is 1. The Balaban J connectivity index is 1.30. The number of amides is 1. The lowest BCUT2D eigenvalue weighted by Gasteiger charge is -2.35. The maximum atomic E-state index is 13.6. The third kappa shape index (κ3) is 4.95. The number of aromatic amines is 1. The van der Waals surface area contributed by atoms with E-state index in [9.17, 15) is 18.0 Å². The molecule has 2 aromatic heterocycles. The number of carbonyl (C=O) groups is 1. The van der Waals surface area contributed by atoms with Gasteiger partial charge in [0.1, 0.15) is 11.3 Å². The number of anilines is 2. The molecule has 1 aliphatic carbocycles. The number of aromatic nitrogens is 4. The maximum Gasteiger partial charge on any atom is 0.401 e. The molecule has 0 bridgehead atoms. The third-order valence-electron chi connectivity index (χ3n) is 6.93. The number of hydrogen-bond donors (Lipinski definition) is 2. The zero-order valence-corrected chi connectivity index (χ0v) is 20.3. The van der Waals surface area contributed by atoms with Crippen molar-refractivity contribution in [3.05, 3.63) is 53.5 Å². The molecule has 2 aromatic carbocycles. The van der Waals surface area contributed by atoms with E-state index in [0.717, 1.165) is 40.6 Å². The molecule has 1 amide bonds. The first kappa shape index (κ1) is 23.7. The van der Waals surface area contributed by atoms with Crippen LogP contribution < -0.4 is 5.32 Å². The Labute approximate surface area is 210 Å². The topological polar surface area (TPSA) is 90.0 Å². The smallest absolute Gasteiger partial charge is 0.342 e. The summed E-state index contributed by atoms with van der Waals surface area (Å²) in [6, 6.07) is 9.51. The van der Waals surface area contributed by atoms with Crippen molar-refractivity contribution in [1.29, 1.82) is 0 Å². The number of imidazole rings is 1. The minimum absolute atomic E-state index is 0.171. The number of piperazine rings is 1. The molecule has 37 heavy (non-hydrogen) atoms. The van der Waals surface area contributed by atoms with Crippen LogP contribution in [0, 0.1) is 6.92 Å². The summed E-state index contributed by atoms with van der Waals surface area (Å²) in [5, 5.41) is 4.16. The van der Waals surface area contributed by atoms with Gasteiger partial charge in [0.2, 0.25) is 5.95 Å². The van der Waals surface area contributed by atoms with E-state index in [1.165, 1.54) is 4.90 Å². The molecule has 4 aromatic rings. The van der Waals surface area contributed by atoms with Crippen LogP contribution in [-0.2, 0) is 0 Å². The van der Waals surface area contributed by atoms with Crippen LogP contribution in [-0.4, -0.2) is 74.5 Å². The van der Waals surface area contributed by atoms with Gasteiger partial charge in [0.15, 0.2) is 0 Å². The second kappa shape index (κ2) is 8.98. The lowest BCUT2D eigenvalue weighted by molar-refractivity contribution is -0.148. The van der Waals surface area contributed by atoms with Gasteiger partial charge in [0.05, 0.1) is 23.1 Å². The summed E-state index contributed by atoms with van der Waals surface area (Å²) in [6.45, 7) is 1.81. The SMILES string of the molecule is Cc1cccc2cnc(Nc3cc(C(=O)N4CCN(CC(F)(F)F)CC4)c4nc(C5CC5)[nH]c4c3)nc12. The maximum absolute atomic E-state index is 13.6. The van der Waals surface area contributed by atoms with Gasteiger partial charge in [-0.15, -0.1) is 0 Å². The van der Waals surface area contributed by atoms with Crippen LogP contribution in [0.3, 0.4) is 0 Å². The monoisotopic (exact) mass is 509 g/mol. The molecule has 6 rings (SSSR count). The number of fused-ring (bicyclic) bond motifs is 2. The summed E-state index contributed by atoms with van der Waals surface area (Å²) >= 11 is 0. The highest BCUT2D eigenvalue weighted by molar-refractivity contribution is 6.06. The van der Waals surface area contributed by atoms with Crippen molar-refractivity contribution in [2.45, 2.75) is 31.9 Å². The van der Waals surface area contributed by atoms with E-state index >= 15 is 0 Å². The number of carbonyl (C=O) groups excluding carboxylic acids is 1. The van der Waals surface area contributed by atoms with Crippen LogP contribution in [0.2, 0.25) is 0 Å². The minimum Gasteiger partial charge on any atom is -0.342 e. The van der Waals surface area contributed by atoms with E-state index < -0.39 is 12.7 Å². The number of halogens is 3. The van der Waals surface area contributed by atoms with E-state index in [4.69, 9.17) is 4.98 Å². The molecular weight excluding hydrogens is 483 g/mol. The summed E-state index contributed by atoms with van der Waals surface area (Å²) < 4.78 is 38.4. The summed E-state index contributed by atoms with van der Waals surface area (Å²) in [4.78, 5) is 33.7. The molecule has 2 aliphatic rings. The first-order chi connectivity index (χ1) is 17.7. The van der Waals surface area contributed by atoms with E-state index in [0.29, 0.717) is 28.6 Å². The number of nitrogens with one attached hydrogen (secondary N) is 2. The molecule has 8 nitrogen and oxygen atoms in total. The summed E-state index contributed by atoms with van der Waals surface area (Å²) in [5.74, 6) is 1.38. The number of alkyl halides is 3. The number of aryl methyl sites for hydroxylation is 1. The quantitative estimate of drug-likeness (QED) is 0.403. The van der Waals surface area contributed by atoms with Crippen LogP contribution in [0.1, 0.15) is 40.5 Å². The molecule has 2 fully saturated rings. The molecule has 1 saturated carbocycles. The third-order valence-corrected chi connectivity index (χ3v) is 6.93. The van der Waals surface area contributed by atoms with E-state index in [-0.39, 0.29) is 32.1 Å². The Hall–Kier alpha value is -3.73. The molecule has 0 atom stereocenters. The molecule has 1 saturated heterocycles. The van der Waals surface area contributed by atoms with Gasteiger partial charge in [-0.3, -0.25) is 9.69 Å². The van der Waals surface area contributed by atoms with Crippen LogP contribution in [0.25, 0.3) is 21.9 Å². The van der Waals surface area contributed by atoms with E-state index in [2.05, 4.69) is 20.3 Å². The number of hydrogen-bond acceptors (Lipinski definition) is 6. The number of para-hydroxylation sites is 1. The zero-order chi connectivity index (χ0) is 25.7. The highest BCUT2D eigenvalue weighted by Gasteiger charge is 2.34. The molecule has 11 heteroatoms. The van der Waals surface area contributed by atoms with Crippen molar-refractivity contribution in [1.82, 2.24) is 29.7 Å². The van der Waals surface area contributed by atoms with Gasteiger partial charge in [-0.25, -0.2) is 15.0 Å². The van der Waals surface area contributed by atoms with Gasteiger partial charge in [-0.1, -0.05) is 18.2 Å². The fourth-order valence-electron chi connectivity index (χ4n) is 4.85. The Morgan fingerprint density at radius 1 is 1.11 bits per heavy atom. The molecule has 0 spiro atoms. The Morgan fingerprint density at radius 3 is 2.62 bits per heavy atom. The fraction of sp³-hybridized carbons (Fsp3) is 0.385. The predicted molar refractivity (Wildman–Crippen MR) is 134 cm³/mol. The first-order valence-corrected chi connectivity index (χ1v) is 12.3. The number of nitrogens with zero attached hydrogens (tertiary/aromatic N) is 5. The number of rotatable bonds is 5. The van der Waals surface area contributed by atoms with E-state index in [1.54, 1.807) is 17.2 Å². The van der Waals surface area contributed by atoms with Gasteiger partial charge in [0, 0.05) is 49.4 Å². The fourth-order valence-corrected chi connectivity index (χ4v) is 4.85. The largest absolute Gasteiger partial charge is 0.401 e. The first-order valence-electron chi connectivity index (χ1n) is 12.3. The second-order valence-corrected chi connectivity index (χ2v) is 9.83.